The second-order valence-electron chi connectivity index (χ2n) is 12.5. The van der Waals surface area contributed by atoms with Crippen LogP contribution in [0.3, 0.4) is 0 Å². The summed E-state index contributed by atoms with van der Waals surface area (Å²) in [7, 11) is 0. The molecule has 0 aliphatic carbocycles. The van der Waals surface area contributed by atoms with Crippen molar-refractivity contribution >= 4 is 35.3 Å². The largest absolute Gasteiger partial charge is 0.489 e. The van der Waals surface area contributed by atoms with Gasteiger partial charge in [0.05, 0.1) is 23.4 Å². The van der Waals surface area contributed by atoms with Crippen LogP contribution in [-0.4, -0.2) is 78.5 Å². The van der Waals surface area contributed by atoms with E-state index in [4.69, 9.17) is 14.2 Å². The first-order valence-corrected chi connectivity index (χ1v) is 16.1. The first-order valence-electron chi connectivity index (χ1n) is 16.1. The molecule has 2 aliphatic rings. The van der Waals surface area contributed by atoms with Crippen LogP contribution in [0, 0.1) is 0 Å². The zero-order valence-electron chi connectivity index (χ0n) is 27.2. The summed E-state index contributed by atoms with van der Waals surface area (Å²) < 4.78 is 16.8. The number of imide groups is 1. The fourth-order valence-electron chi connectivity index (χ4n) is 5.66. The molecule has 2 aromatic rings. The average Bonchev–Trinajstić information content (AvgIpc) is 3.17. The first kappa shape index (κ1) is 34.6. The Hall–Kier alpha value is -4.25. The molecule has 0 spiro atoms. The lowest BCUT2D eigenvalue weighted by Crippen LogP contribution is -2.55. The van der Waals surface area contributed by atoms with Crippen LogP contribution >= 0.6 is 0 Å². The van der Waals surface area contributed by atoms with Crippen LogP contribution in [-0.2, 0) is 23.9 Å². The minimum atomic E-state index is -0.897. The molecule has 2 aliphatic heterocycles. The van der Waals surface area contributed by atoms with Crippen LogP contribution in [0.2, 0.25) is 0 Å². The maximum Gasteiger partial charge on any atom is 0.326 e. The molecule has 3 amide bonds. The Kier molecular flexibility index (Phi) is 11.9. The number of anilines is 1. The number of rotatable bonds is 15. The number of benzene rings is 2. The Morgan fingerprint density at radius 2 is 1.50 bits per heavy atom. The number of para-hydroxylation sites is 2. The van der Waals surface area contributed by atoms with Gasteiger partial charge in [-0.15, -0.1) is 0 Å². The van der Waals surface area contributed by atoms with E-state index in [1.165, 1.54) is 9.80 Å². The van der Waals surface area contributed by atoms with E-state index in [1.807, 2.05) is 0 Å². The topological polar surface area (TPSA) is 132 Å². The molecule has 0 saturated carbocycles. The predicted octanol–water partition coefficient (Wildman–Crippen LogP) is 4.67. The van der Waals surface area contributed by atoms with Crippen LogP contribution in [0.1, 0.15) is 93.4 Å². The smallest absolute Gasteiger partial charge is 0.326 e. The summed E-state index contributed by atoms with van der Waals surface area (Å²) in [6.07, 6.45) is 5.47. The Morgan fingerprint density at radius 3 is 2.15 bits per heavy atom. The van der Waals surface area contributed by atoms with Crippen molar-refractivity contribution in [2.75, 3.05) is 31.2 Å². The van der Waals surface area contributed by atoms with E-state index < -0.39 is 35.5 Å². The zero-order valence-corrected chi connectivity index (χ0v) is 27.2. The number of esters is 2. The first-order chi connectivity index (χ1) is 22.0. The SMILES string of the molecule is CCOC(=O)[C@@H](CCCCCCCCN1C(=O)c2ccccc2C1=O)N[C@H]1COc2ccccc2N(CC(=O)OC(C)(C)C)C1=O. The third kappa shape index (κ3) is 8.93. The van der Waals surface area contributed by atoms with Gasteiger partial charge in [-0.25, -0.2) is 0 Å². The van der Waals surface area contributed by atoms with Crippen molar-refractivity contribution in [2.24, 2.45) is 0 Å². The van der Waals surface area contributed by atoms with Gasteiger partial charge in [0.1, 0.15) is 36.6 Å². The number of fused-ring (bicyclic) bond motifs is 2. The highest BCUT2D eigenvalue weighted by Crippen LogP contribution is 2.31. The van der Waals surface area contributed by atoms with E-state index >= 15 is 0 Å². The molecule has 11 heteroatoms. The molecule has 2 aromatic carbocycles. The number of hydrogen-bond donors (Lipinski definition) is 1. The number of carbonyl (C=O) groups is 5. The summed E-state index contributed by atoms with van der Waals surface area (Å²) in [5.41, 5.74) is 0.676. The van der Waals surface area contributed by atoms with Gasteiger partial charge >= 0.3 is 11.9 Å². The van der Waals surface area contributed by atoms with E-state index in [0.29, 0.717) is 35.5 Å². The number of unbranched alkanes of at least 4 members (excludes halogenated alkanes) is 5. The summed E-state index contributed by atoms with van der Waals surface area (Å²) in [6.45, 7) is 7.30. The van der Waals surface area contributed by atoms with Crippen molar-refractivity contribution in [1.82, 2.24) is 10.2 Å². The third-order valence-corrected chi connectivity index (χ3v) is 7.81. The molecule has 2 atom stereocenters. The fraction of sp³-hybridized carbons (Fsp3) is 0.514. The van der Waals surface area contributed by atoms with Crippen molar-refractivity contribution < 1.29 is 38.2 Å². The zero-order chi connectivity index (χ0) is 33.3. The van der Waals surface area contributed by atoms with Gasteiger partial charge in [-0.05, 0) is 64.8 Å². The van der Waals surface area contributed by atoms with Crippen LogP contribution in [0.5, 0.6) is 5.75 Å². The highest BCUT2D eigenvalue weighted by atomic mass is 16.6. The number of ether oxygens (including phenoxy) is 3. The third-order valence-electron chi connectivity index (χ3n) is 7.81. The van der Waals surface area contributed by atoms with Crippen molar-refractivity contribution in [3.05, 3.63) is 59.7 Å². The molecule has 0 fully saturated rings. The summed E-state index contributed by atoms with van der Waals surface area (Å²) in [5, 5.41) is 3.16. The predicted molar refractivity (Wildman–Crippen MR) is 172 cm³/mol. The minimum absolute atomic E-state index is 0.0241. The van der Waals surface area contributed by atoms with Crippen LogP contribution in [0.4, 0.5) is 5.69 Å². The molecule has 0 unspecified atom stereocenters. The summed E-state index contributed by atoms with van der Waals surface area (Å²) >= 11 is 0. The van der Waals surface area contributed by atoms with Gasteiger partial charge in [-0.3, -0.25) is 39.1 Å². The normalized spacial score (nSPS) is 16.8. The molecular weight excluding hydrogens is 590 g/mol. The molecule has 0 bridgehead atoms. The van der Waals surface area contributed by atoms with Crippen molar-refractivity contribution in [3.8, 4) is 5.75 Å². The molecular formula is C35H45N3O8. The lowest BCUT2D eigenvalue weighted by molar-refractivity contribution is -0.154. The number of hydrogen-bond acceptors (Lipinski definition) is 9. The number of nitrogens with zero attached hydrogens (tertiary/aromatic N) is 2. The Morgan fingerprint density at radius 1 is 0.891 bits per heavy atom. The molecule has 0 radical (unpaired) electrons. The van der Waals surface area contributed by atoms with Gasteiger partial charge in [0.2, 0.25) is 5.91 Å². The second-order valence-corrected chi connectivity index (χ2v) is 12.5. The van der Waals surface area contributed by atoms with Gasteiger partial charge in [-0.2, -0.15) is 0 Å². The second kappa shape index (κ2) is 15.8. The summed E-state index contributed by atoms with van der Waals surface area (Å²) in [6, 6.07) is 12.3. The van der Waals surface area contributed by atoms with E-state index in [1.54, 1.807) is 76.2 Å². The maximum absolute atomic E-state index is 13.8. The van der Waals surface area contributed by atoms with E-state index in [9.17, 15) is 24.0 Å². The monoisotopic (exact) mass is 635 g/mol. The number of nitrogens with one attached hydrogen (secondary N) is 1. The van der Waals surface area contributed by atoms with Crippen LogP contribution in [0.25, 0.3) is 0 Å². The highest BCUT2D eigenvalue weighted by molar-refractivity contribution is 6.21. The number of carbonyl (C=O) groups excluding carboxylic acids is 5. The maximum atomic E-state index is 13.8. The van der Waals surface area contributed by atoms with E-state index in [0.717, 1.165) is 38.5 Å². The minimum Gasteiger partial charge on any atom is -0.489 e. The molecule has 11 nitrogen and oxygen atoms in total. The van der Waals surface area contributed by atoms with Crippen LogP contribution < -0.4 is 15.0 Å². The molecule has 0 aromatic heterocycles. The Bertz CT molecular complexity index is 1380. The average molecular weight is 636 g/mol. The van der Waals surface area contributed by atoms with Gasteiger partial charge in [0.15, 0.2) is 0 Å². The Labute approximate surface area is 270 Å². The lowest BCUT2D eigenvalue weighted by Gasteiger charge is -2.28. The standard InChI is InChI=1S/C35H45N3O8/c1-5-44-34(43)26(18-10-8-6-7-9-15-21-37-31(40)24-16-11-12-17-25(24)32(37)41)36-27-23-45-29-20-14-13-19-28(29)38(33(27)42)22-30(39)46-35(2,3)4/h11-14,16-17,19-20,26-27,36H,5-10,15,18,21-23H2,1-4H3/t26-,27+/m1/s1. The number of amides is 3. The summed E-state index contributed by atoms with van der Waals surface area (Å²) in [4.78, 5) is 67.2. The lowest BCUT2D eigenvalue weighted by atomic mass is 10.0. The molecule has 1 N–H and O–H groups in total. The van der Waals surface area contributed by atoms with Gasteiger partial charge in [0.25, 0.3) is 11.8 Å². The van der Waals surface area contributed by atoms with E-state index in [2.05, 4.69) is 5.32 Å². The molecule has 0 saturated heterocycles. The molecule has 4 rings (SSSR count). The fourth-order valence-corrected chi connectivity index (χ4v) is 5.66. The molecule has 248 valence electrons. The van der Waals surface area contributed by atoms with Gasteiger partial charge in [-0.1, -0.05) is 56.4 Å². The van der Waals surface area contributed by atoms with Gasteiger partial charge < -0.3 is 14.2 Å². The van der Waals surface area contributed by atoms with Crippen molar-refractivity contribution in [1.29, 1.82) is 0 Å². The highest BCUT2D eigenvalue weighted by Gasteiger charge is 2.37. The van der Waals surface area contributed by atoms with Crippen molar-refractivity contribution in [2.45, 2.75) is 90.3 Å². The Balaban J connectivity index is 1.27. The van der Waals surface area contributed by atoms with Crippen LogP contribution in [0.15, 0.2) is 48.5 Å². The quantitative estimate of drug-likeness (QED) is 0.169. The molecule has 2 heterocycles. The summed E-state index contributed by atoms with van der Waals surface area (Å²) in [5.74, 6) is -1.40. The van der Waals surface area contributed by atoms with Crippen molar-refractivity contribution in [3.63, 3.8) is 0 Å². The molecule has 46 heavy (non-hydrogen) atoms. The van der Waals surface area contributed by atoms with E-state index in [-0.39, 0.29) is 31.6 Å². The van der Waals surface area contributed by atoms with Gasteiger partial charge in [0, 0.05) is 6.54 Å².